The Morgan fingerprint density at radius 3 is 2.56 bits per heavy atom. The van der Waals surface area contributed by atoms with E-state index in [1.807, 2.05) is 51.1 Å². The first kappa shape index (κ1) is 25.5. The Balaban J connectivity index is 1.55. The largest absolute Gasteiger partial charge is 0.495 e. The highest BCUT2D eigenvalue weighted by Crippen LogP contribution is 2.33. The highest BCUT2D eigenvalue weighted by Gasteiger charge is 2.30. The van der Waals surface area contributed by atoms with Crippen molar-refractivity contribution in [3.63, 3.8) is 0 Å². The Morgan fingerprint density at radius 2 is 1.92 bits per heavy atom. The van der Waals surface area contributed by atoms with Crippen molar-refractivity contribution in [1.82, 2.24) is 10.2 Å². The zero-order chi connectivity index (χ0) is 25.9. The maximum atomic E-state index is 12.5. The molecule has 0 unspecified atom stereocenters. The lowest BCUT2D eigenvalue weighted by atomic mass is 9.96. The normalized spacial score (nSPS) is 14.4. The number of esters is 1. The molecule has 0 saturated carbocycles. The molecule has 1 fully saturated rings. The highest BCUT2D eigenvalue weighted by molar-refractivity contribution is 6.32. The van der Waals surface area contributed by atoms with Crippen LogP contribution in [0.25, 0.3) is 10.8 Å². The quantitative estimate of drug-likeness (QED) is 0.446. The van der Waals surface area contributed by atoms with Crippen molar-refractivity contribution in [2.24, 2.45) is 5.92 Å². The second-order valence-electron chi connectivity index (χ2n) is 9.86. The molecule has 4 rings (SSSR count). The van der Waals surface area contributed by atoms with E-state index >= 15 is 0 Å². The van der Waals surface area contributed by atoms with Crippen LogP contribution in [0.2, 0.25) is 5.02 Å². The van der Waals surface area contributed by atoms with E-state index in [4.69, 9.17) is 21.1 Å². The van der Waals surface area contributed by atoms with Gasteiger partial charge in [0.1, 0.15) is 11.4 Å². The molecule has 3 aromatic rings. The van der Waals surface area contributed by atoms with Crippen molar-refractivity contribution >= 4 is 40.0 Å². The Hall–Kier alpha value is -3.57. The zero-order valence-electron chi connectivity index (χ0n) is 21.0. The molecule has 0 spiro atoms. The molecule has 36 heavy (non-hydrogen) atoms. The average Bonchev–Trinajstić information content (AvgIpc) is 2.86. The number of hydrogen-bond donors (Lipinski definition) is 1. The minimum absolute atomic E-state index is 0.123. The molecular weight excluding hydrogens is 478 g/mol. The Bertz CT molecular complexity index is 1310. The SMILES string of the molecule is COc1ccc(CNc2nnc(N3CCC(C(=O)OC(C)(C)C)CC3)c3ccc(C#N)cc23)cc1Cl. The van der Waals surface area contributed by atoms with Gasteiger partial charge in [0.25, 0.3) is 0 Å². The molecule has 1 aliphatic heterocycles. The summed E-state index contributed by atoms with van der Waals surface area (Å²) in [5.74, 6) is 1.68. The summed E-state index contributed by atoms with van der Waals surface area (Å²) in [6.45, 7) is 7.47. The van der Waals surface area contributed by atoms with E-state index in [1.165, 1.54) is 0 Å². The van der Waals surface area contributed by atoms with E-state index < -0.39 is 5.60 Å². The lowest BCUT2D eigenvalue weighted by molar-refractivity contribution is -0.160. The van der Waals surface area contributed by atoms with Crippen LogP contribution in [0.15, 0.2) is 36.4 Å². The molecule has 8 nitrogen and oxygen atoms in total. The molecule has 1 aromatic heterocycles. The van der Waals surface area contributed by atoms with Gasteiger partial charge in [0.05, 0.1) is 29.7 Å². The van der Waals surface area contributed by atoms with Gasteiger partial charge in [-0.25, -0.2) is 0 Å². The van der Waals surface area contributed by atoms with Gasteiger partial charge < -0.3 is 19.7 Å². The lowest BCUT2D eigenvalue weighted by Crippen LogP contribution is -2.39. The van der Waals surface area contributed by atoms with Gasteiger partial charge in [-0.2, -0.15) is 5.26 Å². The van der Waals surface area contributed by atoms with Crippen LogP contribution in [0.4, 0.5) is 11.6 Å². The maximum absolute atomic E-state index is 12.5. The Morgan fingerprint density at radius 1 is 1.17 bits per heavy atom. The standard InChI is InChI=1S/C27H30ClN5O3/c1-27(2,3)36-26(34)19-9-11-33(12-10-19)25-20-7-5-17(15-29)13-21(20)24(31-32-25)30-16-18-6-8-23(35-4)22(28)14-18/h5-8,13-14,19H,9-12,16H2,1-4H3,(H,30,31). The third-order valence-electron chi connectivity index (χ3n) is 6.10. The molecular formula is C27H30ClN5O3. The maximum Gasteiger partial charge on any atom is 0.309 e. The van der Waals surface area contributed by atoms with Crippen molar-refractivity contribution < 1.29 is 14.3 Å². The number of aromatic nitrogens is 2. The number of ether oxygens (including phenoxy) is 2. The van der Waals surface area contributed by atoms with Crippen molar-refractivity contribution in [3.05, 3.63) is 52.5 Å². The fraction of sp³-hybridized carbons (Fsp3) is 0.407. The minimum Gasteiger partial charge on any atom is -0.495 e. The van der Waals surface area contributed by atoms with Gasteiger partial charge in [0, 0.05) is 30.4 Å². The van der Waals surface area contributed by atoms with Gasteiger partial charge in [-0.1, -0.05) is 17.7 Å². The fourth-order valence-corrected chi connectivity index (χ4v) is 4.57. The molecule has 188 valence electrons. The molecule has 2 heterocycles. The Labute approximate surface area is 216 Å². The zero-order valence-corrected chi connectivity index (χ0v) is 21.7. The summed E-state index contributed by atoms with van der Waals surface area (Å²) in [4.78, 5) is 14.7. The van der Waals surface area contributed by atoms with Crippen LogP contribution in [0, 0.1) is 17.2 Å². The number of piperidine rings is 1. The Kier molecular flexibility index (Phi) is 7.51. The monoisotopic (exact) mass is 507 g/mol. The van der Waals surface area contributed by atoms with E-state index in [0.29, 0.717) is 54.6 Å². The second kappa shape index (κ2) is 10.6. The molecule has 1 N–H and O–H groups in total. The number of nitrogens with one attached hydrogen (secondary N) is 1. The van der Waals surface area contributed by atoms with Crippen LogP contribution in [0.5, 0.6) is 5.75 Å². The highest BCUT2D eigenvalue weighted by atomic mass is 35.5. The molecule has 2 aromatic carbocycles. The van der Waals surface area contributed by atoms with Crippen molar-refractivity contribution in [3.8, 4) is 11.8 Å². The second-order valence-corrected chi connectivity index (χ2v) is 10.3. The molecule has 0 aliphatic carbocycles. The third kappa shape index (κ3) is 5.80. The molecule has 1 saturated heterocycles. The van der Waals surface area contributed by atoms with Gasteiger partial charge in [0.15, 0.2) is 11.6 Å². The lowest BCUT2D eigenvalue weighted by Gasteiger charge is -2.33. The van der Waals surface area contributed by atoms with Crippen LogP contribution in [0.3, 0.4) is 0 Å². The first-order valence-electron chi connectivity index (χ1n) is 11.9. The summed E-state index contributed by atoms with van der Waals surface area (Å²) < 4.78 is 10.8. The molecule has 0 bridgehead atoms. The first-order valence-corrected chi connectivity index (χ1v) is 12.3. The first-order chi connectivity index (χ1) is 17.2. The van der Waals surface area contributed by atoms with E-state index in [9.17, 15) is 10.1 Å². The van der Waals surface area contributed by atoms with Crippen molar-refractivity contribution in [2.45, 2.75) is 45.8 Å². The molecule has 0 radical (unpaired) electrons. The molecule has 1 aliphatic rings. The third-order valence-corrected chi connectivity index (χ3v) is 6.40. The van der Waals surface area contributed by atoms with Crippen molar-refractivity contribution in [1.29, 1.82) is 5.26 Å². The van der Waals surface area contributed by atoms with Gasteiger partial charge in [-0.15, -0.1) is 10.2 Å². The summed E-state index contributed by atoms with van der Waals surface area (Å²) in [6.07, 6.45) is 1.37. The summed E-state index contributed by atoms with van der Waals surface area (Å²) >= 11 is 6.26. The van der Waals surface area contributed by atoms with E-state index in [2.05, 4.69) is 26.5 Å². The van der Waals surface area contributed by atoms with Crippen LogP contribution in [0.1, 0.15) is 44.7 Å². The van der Waals surface area contributed by atoms with Gasteiger partial charge >= 0.3 is 5.97 Å². The number of benzene rings is 2. The number of rotatable bonds is 6. The molecule has 9 heteroatoms. The minimum atomic E-state index is -0.492. The molecule has 0 atom stereocenters. The number of nitriles is 1. The molecule has 0 amide bonds. The van der Waals surface area contributed by atoms with Gasteiger partial charge in [-0.05, 0) is 69.5 Å². The van der Waals surface area contributed by atoms with Gasteiger partial charge in [-0.3, -0.25) is 4.79 Å². The smallest absolute Gasteiger partial charge is 0.309 e. The van der Waals surface area contributed by atoms with Crippen LogP contribution >= 0.6 is 11.6 Å². The van der Waals surface area contributed by atoms with Crippen LogP contribution in [-0.2, 0) is 16.1 Å². The number of carbonyl (C=O) groups is 1. The predicted octanol–water partition coefficient (Wildman–Crippen LogP) is 5.33. The number of carbonyl (C=O) groups excluding carboxylic acids is 1. The summed E-state index contributed by atoms with van der Waals surface area (Å²) in [5, 5.41) is 24.1. The fourth-order valence-electron chi connectivity index (χ4n) is 4.29. The topological polar surface area (TPSA) is 100 Å². The number of methoxy groups -OCH3 is 1. The number of anilines is 2. The summed E-state index contributed by atoms with van der Waals surface area (Å²) in [5.41, 5.74) is 1.01. The van der Waals surface area contributed by atoms with Gasteiger partial charge in [0.2, 0.25) is 0 Å². The number of halogens is 1. The van der Waals surface area contributed by atoms with E-state index in [1.54, 1.807) is 13.2 Å². The predicted molar refractivity (Wildman–Crippen MR) is 140 cm³/mol. The summed E-state index contributed by atoms with van der Waals surface area (Å²) in [6, 6.07) is 13.3. The summed E-state index contributed by atoms with van der Waals surface area (Å²) in [7, 11) is 1.58. The van der Waals surface area contributed by atoms with Crippen molar-refractivity contribution in [2.75, 3.05) is 30.4 Å². The van der Waals surface area contributed by atoms with E-state index in [-0.39, 0.29) is 11.9 Å². The number of nitrogens with zero attached hydrogens (tertiary/aromatic N) is 4. The number of fused-ring (bicyclic) bond motifs is 1. The average molecular weight is 508 g/mol. The number of hydrogen-bond acceptors (Lipinski definition) is 8. The van der Waals surface area contributed by atoms with Crippen LogP contribution in [-0.4, -0.2) is 42.0 Å². The van der Waals surface area contributed by atoms with Crippen LogP contribution < -0.4 is 15.0 Å². The van der Waals surface area contributed by atoms with E-state index in [0.717, 1.165) is 22.2 Å².